The van der Waals surface area contributed by atoms with Crippen molar-refractivity contribution in [2.45, 2.75) is 71.1 Å². The molecule has 33 heavy (non-hydrogen) atoms. The van der Waals surface area contributed by atoms with Crippen LogP contribution in [0.1, 0.15) is 67.8 Å². The summed E-state index contributed by atoms with van der Waals surface area (Å²) in [6.45, 7) is 7.99. The third-order valence-electron chi connectivity index (χ3n) is 6.15. The minimum absolute atomic E-state index is 0.00477. The lowest BCUT2D eigenvalue weighted by Gasteiger charge is -2.38. The quantitative estimate of drug-likeness (QED) is 0.444. The molecule has 2 heterocycles. The van der Waals surface area contributed by atoms with E-state index in [0.29, 0.717) is 37.3 Å². The average molecular weight is 459 g/mol. The third-order valence-corrected chi connectivity index (χ3v) is 6.15. The topological polar surface area (TPSA) is 96.4 Å². The number of carbonyl (C=O) groups excluding carboxylic acids is 3. The zero-order valence-corrected chi connectivity index (χ0v) is 19.5. The fourth-order valence-electron chi connectivity index (χ4n) is 4.43. The van der Waals surface area contributed by atoms with Crippen molar-refractivity contribution in [3.05, 3.63) is 35.9 Å². The van der Waals surface area contributed by atoms with Crippen LogP contribution < -0.4 is 9.64 Å². The van der Waals surface area contributed by atoms with Gasteiger partial charge in [0.1, 0.15) is 18.1 Å². The number of hydrogen-bond acceptors (Lipinski definition) is 6. The number of unbranched alkanes of at least 4 members (excludes halogenated alkanes) is 2. The van der Waals surface area contributed by atoms with Gasteiger partial charge < -0.3 is 24.3 Å². The van der Waals surface area contributed by atoms with Crippen LogP contribution >= 0.6 is 0 Å². The minimum Gasteiger partial charge on any atom is -0.493 e. The molecule has 0 spiro atoms. The number of carbonyl (C=O) groups is 3. The van der Waals surface area contributed by atoms with Gasteiger partial charge in [-0.25, -0.2) is 9.69 Å². The fourth-order valence-corrected chi connectivity index (χ4v) is 4.43. The molecule has 1 saturated heterocycles. The smallest absolute Gasteiger partial charge is 0.416 e. The predicted octanol–water partition coefficient (Wildman–Crippen LogP) is 3.98. The van der Waals surface area contributed by atoms with Crippen molar-refractivity contribution in [3.63, 3.8) is 0 Å². The van der Waals surface area contributed by atoms with E-state index in [-0.39, 0.29) is 24.0 Å². The Bertz CT molecular complexity index is 899. The van der Waals surface area contributed by atoms with Crippen LogP contribution in [0, 0.1) is 6.92 Å². The Labute approximate surface area is 195 Å². The largest absolute Gasteiger partial charge is 0.493 e. The molecule has 1 unspecified atom stereocenters. The highest BCUT2D eigenvalue weighted by Gasteiger charge is 2.43. The summed E-state index contributed by atoms with van der Waals surface area (Å²) in [5, 5.41) is 11.2. The van der Waals surface area contributed by atoms with E-state index in [4.69, 9.17) is 9.47 Å². The lowest BCUT2D eigenvalue weighted by Crippen LogP contribution is -2.55. The number of aliphatic hydroxyl groups is 1. The van der Waals surface area contributed by atoms with Crippen molar-refractivity contribution in [1.82, 2.24) is 4.90 Å². The molecule has 1 N–H and O–H groups in total. The maximum Gasteiger partial charge on any atom is 0.416 e. The number of aryl methyl sites for hydroxylation is 1. The van der Waals surface area contributed by atoms with Crippen molar-refractivity contribution in [2.75, 3.05) is 24.7 Å². The summed E-state index contributed by atoms with van der Waals surface area (Å²) in [6, 6.07) is 2.87. The van der Waals surface area contributed by atoms with Crippen LogP contribution in [0.2, 0.25) is 0 Å². The number of aliphatic hydroxyl groups excluding tert-OH is 1. The number of ether oxygens (including phenoxy) is 2. The molecule has 3 rings (SSSR count). The van der Waals surface area contributed by atoms with Gasteiger partial charge in [-0.2, -0.15) is 0 Å². The Morgan fingerprint density at radius 2 is 2.03 bits per heavy atom. The van der Waals surface area contributed by atoms with Crippen molar-refractivity contribution in [2.24, 2.45) is 0 Å². The van der Waals surface area contributed by atoms with Crippen LogP contribution in [0.15, 0.2) is 24.8 Å². The maximum absolute atomic E-state index is 13.4. The first-order valence-corrected chi connectivity index (χ1v) is 11.7. The van der Waals surface area contributed by atoms with Crippen LogP contribution in [0.25, 0.3) is 0 Å². The summed E-state index contributed by atoms with van der Waals surface area (Å²) in [5.41, 5.74) is 1.41. The van der Waals surface area contributed by atoms with Crippen molar-refractivity contribution in [1.29, 1.82) is 0 Å². The molecule has 180 valence electrons. The average Bonchev–Trinajstić information content (AvgIpc) is 2.88. The van der Waals surface area contributed by atoms with E-state index < -0.39 is 18.4 Å². The van der Waals surface area contributed by atoms with Gasteiger partial charge in [-0.05, 0) is 64.0 Å². The molecule has 0 aliphatic carbocycles. The highest BCUT2D eigenvalue weighted by Crippen LogP contribution is 2.38. The van der Waals surface area contributed by atoms with E-state index in [1.54, 1.807) is 24.0 Å². The molecule has 2 atom stereocenters. The summed E-state index contributed by atoms with van der Waals surface area (Å²) in [5.74, 6) is 0.522. The van der Waals surface area contributed by atoms with Gasteiger partial charge in [-0.15, -0.1) is 0 Å². The van der Waals surface area contributed by atoms with Gasteiger partial charge in [0.05, 0.1) is 23.9 Å². The standard InChI is InChI=1S/C25H34N2O6/c1-4-13-33-25(31)27-21-16-22(32-14-9-5-6-10-18(3)28)17(2)15-19(21)23(29)26-12-8-7-11-20(26)24(27)30/h4,15-16,20,24,30H,1,5-14H2,2-3H3/t20-,24?/m0/s1. The van der Waals surface area contributed by atoms with Gasteiger partial charge in [0, 0.05) is 19.0 Å². The Kier molecular flexibility index (Phi) is 8.49. The highest BCUT2D eigenvalue weighted by molar-refractivity contribution is 6.05. The molecule has 0 radical (unpaired) electrons. The van der Waals surface area contributed by atoms with Gasteiger partial charge in [-0.1, -0.05) is 12.7 Å². The molecule has 0 bridgehead atoms. The van der Waals surface area contributed by atoms with E-state index in [2.05, 4.69) is 6.58 Å². The molecule has 8 nitrogen and oxygen atoms in total. The van der Waals surface area contributed by atoms with E-state index in [0.717, 1.165) is 37.7 Å². The number of nitrogens with zero attached hydrogens (tertiary/aromatic N) is 2. The van der Waals surface area contributed by atoms with Gasteiger partial charge in [0.2, 0.25) is 0 Å². The van der Waals surface area contributed by atoms with Gasteiger partial charge >= 0.3 is 6.09 Å². The predicted molar refractivity (Wildman–Crippen MR) is 125 cm³/mol. The van der Waals surface area contributed by atoms with Gasteiger partial charge in [0.25, 0.3) is 5.91 Å². The summed E-state index contributed by atoms with van der Waals surface area (Å²) >= 11 is 0. The van der Waals surface area contributed by atoms with Crippen LogP contribution in [-0.4, -0.2) is 59.8 Å². The summed E-state index contributed by atoms with van der Waals surface area (Å²) in [4.78, 5) is 40.3. The molecule has 1 aromatic carbocycles. The van der Waals surface area contributed by atoms with Gasteiger partial charge in [0.15, 0.2) is 6.23 Å². The monoisotopic (exact) mass is 458 g/mol. The molecule has 0 aromatic heterocycles. The summed E-state index contributed by atoms with van der Waals surface area (Å²) < 4.78 is 11.2. The number of ketones is 1. The zero-order valence-electron chi connectivity index (χ0n) is 19.5. The molecule has 1 fully saturated rings. The van der Waals surface area contributed by atoms with E-state index in [1.807, 2.05) is 6.92 Å². The first-order valence-electron chi connectivity index (χ1n) is 11.7. The first kappa shape index (κ1) is 24.8. The van der Waals surface area contributed by atoms with E-state index >= 15 is 0 Å². The minimum atomic E-state index is -1.23. The molecule has 0 saturated carbocycles. The number of piperidine rings is 1. The zero-order chi connectivity index (χ0) is 24.0. The van der Waals surface area contributed by atoms with Crippen LogP contribution in [0.4, 0.5) is 10.5 Å². The molecular weight excluding hydrogens is 424 g/mol. The van der Waals surface area contributed by atoms with Crippen LogP contribution in [0.3, 0.4) is 0 Å². The van der Waals surface area contributed by atoms with Gasteiger partial charge in [-0.3, -0.25) is 4.79 Å². The first-order chi connectivity index (χ1) is 15.8. The molecule has 2 aliphatic heterocycles. The number of fused-ring (bicyclic) bond motifs is 2. The van der Waals surface area contributed by atoms with E-state index in [9.17, 15) is 19.5 Å². The molecule has 8 heteroatoms. The van der Waals surface area contributed by atoms with E-state index in [1.165, 1.54) is 11.0 Å². The summed E-state index contributed by atoms with van der Waals surface area (Å²) in [7, 11) is 0. The highest BCUT2D eigenvalue weighted by atomic mass is 16.6. The van der Waals surface area contributed by atoms with Crippen LogP contribution in [0.5, 0.6) is 5.75 Å². The number of rotatable bonds is 9. The number of Topliss-reactive ketones (excluding diaryl/α,β-unsaturated/α-hetero) is 1. The van der Waals surface area contributed by atoms with Crippen LogP contribution in [-0.2, 0) is 9.53 Å². The number of benzene rings is 1. The Morgan fingerprint density at radius 3 is 2.76 bits per heavy atom. The lowest BCUT2D eigenvalue weighted by molar-refractivity contribution is -0.117. The second-order valence-electron chi connectivity index (χ2n) is 8.71. The Balaban J connectivity index is 1.89. The number of amides is 2. The summed E-state index contributed by atoms with van der Waals surface area (Å²) in [6.07, 6.45) is 4.87. The molecule has 2 aliphatic rings. The molecular formula is C25H34N2O6. The number of hydrogen-bond donors (Lipinski definition) is 1. The fraction of sp³-hybridized carbons (Fsp3) is 0.560. The van der Waals surface area contributed by atoms with Crippen molar-refractivity contribution >= 4 is 23.5 Å². The third kappa shape index (κ3) is 5.74. The SMILES string of the molecule is C=CCOC(=O)N1c2cc(OCCCCCC(C)=O)c(C)cc2C(=O)N2CCCC[C@H]2C1O. The normalized spacial score (nSPS) is 19.9. The van der Waals surface area contributed by atoms with Crippen molar-refractivity contribution in [3.8, 4) is 5.75 Å². The number of anilines is 1. The molecule has 2 amide bonds. The molecule has 1 aromatic rings. The lowest BCUT2D eigenvalue weighted by atomic mass is 10.00. The maximum atomic E-state index is 13.4. The Hall–Kier alpha value is -2.87. The van der Waals surface area contributed by atoms with Crippen molar-refractivity contribution < 1.29 is 29.0 Å². The second kappa shape index (κ2) is 11.3. The Morgan fingerprint density at radius 1 is 1.24 bits per heavy atom. The second-order valence-corrected chi connectivity index (χ2v) is 8.71.